The first-order chi connectivity index (χ1) is 12.2. The summed E-state index contributed by atoms with van der Waals surface area (Å²) in [5, 5.41) is 10.1. The molecule has 0 radical (unpaired) electrons. The van der Waals surface area contributed by atoms with Crippen LogP contribution in [0.1, 0.15) is 16.1 Å². The van der Waals surface area contributed by atoms with E-state index in [2.05, 4.69) is 19.7 Å². The molecule has 1 N–H and O–H groups in total. The van der Waals surface area contributed by atoms with Crippen molar-refractivity contribution in [1.29, 1.82) is 0 Å². The number of aromatic amines is 1. The average Bonchev–Trinajstić information content (AvgIpc) is 3.26. The summed E-state index contributed by atoms with van der Waals surface area (Å²) in [6.45, 7) is 0. The van der Waals surface area contributed by atoms with E-state index in [0.717, 1.165) is 16.8 Å². The molecule has 11 heteroatoms. The highest BCUT2D eigenvalue weighted by molar-refractivity contribution is 7.93. The second-order valence-corrected chi connectivity index (χ2v) is 7.59. The highest BCUT2D eigenvalue weighted by atomic mass is 32.2. The number of aromatic nitrogens is 4. The lowest BCUT2D eigenvalue weighted by Gasteiger charge is -2.08. The van der Waals surface area contributed by atoms with Gasteiger partial charge in [0.25, 0.3) is 0 Å². The summed E-state index contributed by atoms with van der Waals surface area (Å²) >= 11 is 0. The van der Waals surface area contributed by atoms with Crippen LogP contribution < -0.4 is 0 Å². The van der Waals surface area contributed by atoms with Gasteiger partial charge in [0.05, 0.1) is 32.1 Å². The fourth-order valence-electron chi connectivity index (χ4n) is 2.11. The van der Waals surface area contributed by atoms with Crippen LogP contribution in [0, 0.1) is 0 Å². The predicted molar refractivity (Wildman–Crippen MR) is 86.2 cm³/mol. The highest BCUT2D eigenvalue weighted by Crippen LogP contribution is 2.30. The lowest BCUT2D eigenvalue weighted by Crippen LogP contribution is -2.07. The molecule has 3 aromatic rings. The fourth-order valence-corrected chi connectivity index (χ4v) is 3.15. The molecular formula is C15H12F3N5O2S. The number of carbonyl (C=O) groups excluding carboxylic acids is 1. The minimum atomic E-state index is -4.49. The third-order valence-electron chi connectivity index (χ3n) is 3.41. The van der Waals surface area contributed by atoms with Gasteiger partial charge in [0.1, 0.15) is 0 Å². The van der Waals surface area contributed by atoms with Gasteiger partial charge in [0.2, 0.25) is 0 Å². The number of hydrogen-bond acceptors (Lipinski definition) is 4. The zero-order valence-corrected chi connectivity index (χ0v) is 14.1. The molecule has 3 rings (SSSR count). The molecule has 136 valence electrons. The maximum atomic E-state index is 12.8. The molecule has 0 saturated heterocycles. The van der Waals surface area contributed by atoms with Gasteiger partial charge >= 0.3 is 12.1 Å². The number of H-pyrrole nitrogens is 1. The monoisotopic (exact) mass is 383 g/mol. The van der Waals surface area contributed by atoms with Crippen LogP contribution in [-0.4, -0.2) is 36.3 Å². The lowest BCUT2D eigenvalue weighted by molar-refractivity contribution is -0.137. The number of nitrogens with zero attached hydrogens (tertiary/aromatic N) is 4. The van der Waals surface area contributed by atoms with Crippen LogP contribution in [0.5, 0.6) is 0 Å². The van der Waals surface area contributed by atoms with Gasteiger partial charge in [-0.05, 0) is 24.3 Å². The van der Waals surface area contributed by atoms with Crippen LogP contribution in [-0.2, 0) is 15.9 Å². The summed E-state index contributed by atoms with van der Waals surface area (Å²) in [4.78, 5) is 12.4. The molecule has 1 atom stereocenters. The number of halogens is 3. The van der Waals surface area contributed by atoms with E-state index in [9.17, 15) is 22.2 Å². The second kappa shape index (κ2) is 6.41. The smallest absolute Gasteiger partial charge is 0.284 e. The van der Waals surface area contributed by atoms with E-state index in [-0.39, 0.29) is 16.3 Å². The van der Waals surface area contributed by atoms with Crippen LogP contribution in [0.4, 0.5) is 13.2 Å². The summed E-state index contributed by atoms with van der Waals surface area (Å²) in [6.07, 6.45) is 0.767. The number of alkyl halides is 3. The average molecular weight is 383 g/mol. The van der Waals surface area contributed by atoms with Gasteiger partial charge < -0.3 is 0 Å². The minimum absolute atomic E-state index is 0.131. The van der Waals surface area contributed by atoms with Crippen LogP contribution in [0.3, 0.4) is 0 Å². The Kier molecular flexibility index (Phi) is 4.40. The third kappa shape index (κ3) is 3.67. The molecule has 2 heterocycles. The zero-order chi connectivity index (χ0) is 18.9. The van der Waals surface area contributed by atoms with Gasteiger partial charge in [0, 0.05) is 18.6 Å². The summed E-state index contributed by atoms with van der Waals surface area (Å²) < 4.78 is 55.6. The van der Waals surface area contributed by atoms with Crippen molar-refractivity contribution >= 4 is 15.6 Å². The number of rotatable bonds is 3. The molecule has 0 aliphatic heterocycles. The lowest BCUT2D eigenvalue weighted by atomic mass is 10.2. The maximum absolute atomic E-state index is 12.8. The van der Waals surface area contributed by atoms with Crippen LogP contribution >= 0.6 is 0 Å². The van der Waals surface area contributed by atoms with Crippen molar-refractivity contribution in [1.82, 2.24) is 20.0 Å². The van der Waals surface area contributed by atoms with Crippen molar-refractivity contribution in [3.8, 4) is 5.69 Å². The molecule has 1 aromatic carbocycles. The van der Waals surface area contributed by atoms with Crippen molar-refractivity contribution in [2.45, 2.75) is 11.1 Å². The zero-order valence-electron chi connectivity index (χ0n) is 13.3. The van der Waals surface area contributed by atoms with E-state index in [0.29, 0.717) is 0 Å². The molecule has 2 aromatic heterocycles. The summed E-state index contributed by atoms with van der Waals surface area (Å²) in [6, 6.07) is 5.79. The fraction of sp³-hybridized carbons (Fsp3) is 0.133. The first-order valence-corrected chi connectivity index (χ1v) is 9.08. The Balaban J connectivity index is 1.91. The summed E-state index contributed by atoms with van der Waals surface area (Å²) in [7, 11) is -3.01. The van der Waals surface area contributed by atoms with Crippen molar-refractivity contribution < 1.29 is 22.2 Å². The van der Waals surface area contributed by atoms with Crippen molar-refractivity contribution in [2.75, 3.05) is 6.26 Å². The number of benzene rings is 1. The van der Waals surface area contributed by atoms with Gasteiger partial charge in [-0.3, -0.25) is 9.89 Å². The Labute approximate surface area is 146 Å². The van der Waals surface area contributed by atoms with E-state index in [1.807, 2.05) is 0 Å². The van der Waals surface area contributed by atoms with E-state index in [1.165, 1.54) is 43.0 Å². The summed E-state index contributed by atoms with van der Waals surface area (Å²) in [5.74, 6) is -0.843. The van der Waals surface area contributed by atoms with Gasteiger partial charge in [0.15, 0.2) is 5.69 Å². The maximum Gasteiger partial charge on any atom is 0.416 e. The number of nitrogens with one attached hydrogen (secondary N) is 1. The van der Waals surface area contributed by atoms with Gasteiger partial charge in [-0.15, -0.1) is 0 Å². The Morgan fingerprint density at radius 2 is 2.08 bits per heavy atom. The first-order valence-electron chi connectivity index (χ1n) is 7.15. The molecule has 0 spiro atoms. The Morgan fingerprint density at radius 3 is 2.73 bits per heavy atom. The normalized spacial score (nSPS) is 14.0. The van der Waals surface area contributed by atoms with Gasteiger partial charge in [-0.1, -0.05) is 6.07 Å². The Bertz CT molecular complexity index is 1060. The number of hydrogen-bond donors (Lipinski definition) is 1. The Hall–Kier alpha value is -2.95. The van der Waals surface area contributed by atoms with Crippen molar-refractivity contribution in [2.24, 2.45) is 4.36 Å². The van der Waals surface area contributed by atoms with Crippen LogP contribution in [0.15, 0.2) is 58.2 Å². The quantitative estimate of drug-likeness (QED) is 0.753. The minimum Gasteiger partial charge on any atom is -0.284 e. The van der Waals surface area contributed by atoms with E-state index < -0.39 is 27.4 Å². The standard InChI is InChI=1S/C15H12F3N5O2S/c1-26(25,12-8-19-20-9-12)22-14(24)13-5-6-23(21-13)11-4-2-3-10(7-11)15(16,17)18/h2-9H,1H3,(H,19,20). The van der Waals surface area contributed by atoms with Crippen LogP contribution in [0.2, 0.25) is 0 Å². The number of carbonyl (C=O) groups is 1. The van der Waals surface area contributed by atoms with E-state index in [4.69, 9.17) is 0 Å². The Morgan fingerprint density at radius 1 is 1.31 bits per heavy atom. The molecule has 26 heavy (non-hydrogen) atoms. The largest absolute Gasteiger partial charge is 0.416 e. The summed E-state index contributed by atoms with van der Waals surface area (Å²) in [5.41, 5.74) is -0.842. The topological polar surface area (TPSA) is 93.0 Å². The predicted octanol–water partition coefficient (Wildman–Crippen LogP) is 2.91. The van der Waals surface area contributed by atoms with E-state index >= 15 is 0 Å². The van der Waals surface area contributed by atoms with Crippen molar-refractivity contribution in [3.05, 3.63) is 60.2 Å². The van der Waals surface area contributed by atoms with Gasteiger partial charge in [-0.2, -0.15) is 27.7 Å². The molecule has 1 amide bonds. The number of amides is 1. The first kappa shape index (κ1) is 17.9. The van der Waals surface area contributed by atoms with Crippen molar-refractivity contribution in [3.63, 3.8) is 0 Å². The molecule has 0 aliphatic rings. The SMILES string of the molecule is CS(=O)(=NC(=O)c1ccn(-c2cccc(C(F)(F)F)c2)n1)c1cn[nH]c1. The molecule has 0 bridgehead atoms. The molecular weight excluding hydrogens is 371 g/mol. The highest BCUT2D eigenvalue weighted by Gasteiger charge is 2.30. The molecule has 0 fully saturated rings. The van der Waals surface area contributed by atoms with E-state index in [1.54, 1.807) is 0 Å². The molecule has 1 unspecified atom stereocenters. The third-order valence-corrected chi connectivity index (χ3v) is 5.03. The second-order valence-electron chi connectivity index (χ2n) is 5.33. The van der Waals surface area contributed by atoms with Gasteiger partial charge in [-0.25, -0.2) is 8.89 Å². The molecule has 0 aliphatic carbocycles. The van der Waals surface area contributed by atoms with Crippen LogP contribution in [0.25, 0.3) is 5.69 Å². The molecule has 7 nitrogen and oxygen atoms in total. The molecule has 0 saturated carbocycles.